The minimum Gasteiger partial charge on any atom is -0.160 e. The van der Waals surface area contributed by atoms with E-state index in [1.165, 1.54) is 19.3 Å². The van der Waals surface area contributed by atoms with Gasteiger partial charge in [-0.2, -0.15) is 4.89 Å². The second kappa shape index (κ2) is 2.55. The van der Waals surface area contributed by atoms with Crippen molar-refractivity contribution < 1.29 is 9.46 Å². The van der Waals surface area contributed by atoms with Crippen molar-refractivity contribution in [2.24, 2.45) is 17.8 Å². The van der Waals surface area contributed by atoms with Crippen molar-refractivity contribution in [3.05, 3.63) is 0 Å². The Morgan fingerprint density at radius 3 is 1.69 bits per heavy atom. The predicted octanol–water partition coefficient (Wildman–Crippen LogP) is 2.69. The summed E-state index contributed by atoms with van der Waals surface area (Å²) in [6, 6.07) is 0. The highest BCUT2D eigenvalue weighted by Crippen LogP contribution is 2.63. The fraction of sp³-hybridized carbons (Fsp3) is 1.00. The summed E-state index contributed by atoms with van der Waals surface area (Å²) in [5.74, 6) is 2.37. The van der Waals surface area contributed by atoms with E-state index in [4.69, 9.17) is 0 Å². The van der Waals surface area contributed by atoms with E-state index in [0.29, 0.717) is 0 Å². The summed E-state index contributed by atoms with van der Waals surface area (Å²) in [6.45, 7) is 0. The summed E-state index contributed by atoms with van der Waals surface area (Å²) in [5, 5.41) is -0.135. The molecule has 4 aliphatic rings. The van der Waals surface area contributed by atoms with Crippen LogP contribution in [0.4, 0.5) is 0 Å². The Balaban J connectivity index is 1.95. The molecular weight excluding hydrogens is 183 g/mol. The molecule has 0 aromatic rings. The Labute approximate surface area is 79.6 Å². The normalized spacial score (nSPS) is 53.9. The topological polar surface area (TPSA) is 37.3 Å². The molecule has 4 rings (SSSR count). The number of rotatable bonds is 1. The fourth-order valence-corrected chi connectivity index (χ4v) is 5.54. The molecule has 4 aliphatic carbocycles. The first kappa shape index (κ1) is 8.38. The lowest BCUT2D eigenvalue weighted by Gasteiger charge is -2.50. The van der Waals surface area contributed by atoms with Gasteiger partial charge in [-0.3, -0.25) is 0 Å². The summed E-state index contributed by atoms with van der Waals surface area (Å²) < 4.78 is 11.4. The van der Waals surface area contributed by atoms with E-state index < -0.39 is 8.03 Å². The molecule has 3 heteroatoms. The van der Waals surface area contributed by atoms with Crippen LogP contribution in [-0.4, -0.2) is 10.0 Å². The standard InChI is InChI=1S/C10H15O2P/c11-13(12)10-4-7-1-8(5-10)3-9(2-7)6-10/h7-9H,1-6H2/p+1. The lowest BCUT2D eigenvalue weighted by molar-refractivity contribution is 0.0310. The van der Waals surface area contributed by atoms with E-state index in [0.717, 1.165) is 37.0 Å². The highest BCUT2D eigenvalue weighted by molar-refractivity contribution is 7.40. The molecule has 13 heavy (non-hydrogen) atoms. The zero-order valence-electron chi connectivity index (χ0n) is 7.78. The molecule has 1 unspecified atom stereocenters. The zero-order valence-corrected chi connectivity index (χ0v) is 8.67. The van der Waals surface area contributed by atoms with Gasteiger partial charge in [-0.05, 0) is 41.6 Å². The van der Waals surface area contributed by atoms with E-state index in [-0.39, 0.29) is 5.16 Å². The Morgan fingerprint density at radius 1 is 1.00 bits per heavy atom. The summed E-state index contributed by atoms with van der Waals surface area (Å²) in [5.41, 5.74) is 0. The van der Waals surface area contributed by atoms with Gasteiger partial charge in [-0.25, -0.2) is 0 Å². The van der Waals surface area contributed by atoms with Crippen LogP contribution < -0.4 is 0 Å². The van der Waals surface area contributed by atoms with Gasteiger partial charge in [0, 0.05) is 19.3 Å². The van der Waals surface area contributed by atoms with Crippen LogP contribution in [0.3, 0.4) is 0 Å². The maximum atomic E-state index is 11.4. The molecule has 4 fully saturated rings. The van der Waals surface area contributed by atoms with Crippen molar-refractivity contribution >= 4 is 8.03 Å². The van der Waals surface area contributed by atoms with Crippen LogP contribution in [0, 0.1) is 17.8 Å². The minimum atomic E-state index is -1.92. The third-order valence-electron chi connectivity index (χ3n) is 4.41. The van der Waals surface area contributed by atoms with Crippen molar-refractivity contribution in [3.8, 4) is 0 Å². The molecule has 0 aromatic carbocycles. The highest BCUT2D eigenvalue weighted by Gasteiger charge is 2.61. The number of hydrogen-bond donors (Lipinski definition) is 1. The van der Waals surface area contributed by atoms with Gasteiger partial charge in [0.1, 0.15) is 0 Å². The number of hydrogen-bond acceptors (Lipinski definition) is 1. The first-order chi connectivity index (χ1) is 6.18. The SMILES string of the molecule is O=[P+](O)C12CC3CC(CC(C3)C1)C2. The van der Waals surface area contributed by atoms with Crippen LogP contribution in [-0.2, 0) is 4.57 Å². The maximum absolute atomic E-state index is 11.4. The average Bonchev–Trinajstić information content (AvgIpc) is 2.00. The summed E-state index contributed by atoms with van der Waals surface area (Å²) >= 11 is 0. The minimum absolute atomic E-state index is 0.135. The molecule has 1 N–H and O–H groups in total. The Bertz CT molecular complexity index is 226. The highest BCUT2D eigenvalue weighted by atomic mass is 31.1. The van der Waals surface area contributed by atoms with E-state index in [9.17, 15) is 9.46 Å². The molecule has 0 amide bonds. The Kier molecular flexibility index (Phi) is 1.64. The van der Waals surface area contributed by atoms with Gasteiger partial charge >= 0.3 is 8.03 Å². The molecule has 0 spiro atoms. The largest absolute Gasteiger partial charge is 0.511 e. The van der Waals surface area contributed by atoms with E-state index >= 15 is 0 Å². The molecule has 0 aliphatic heterocycles. The van der Waals surface area contributed by atoms with Crippen LogP contribution in [0.25, 0.3) is 0 Å². The van der Waals surface area contributed by atoms with Crippen molar-refractivity contribution in [2.45, 2.75) is 43.7 Å². The van der Waals surface area contributed by atoms with Crippen LogP contribution in [0.1, 0.15) is 38.5 Å². The molecule has 0 aromatic heterocycles. The zero-order chi connectivity index (χ0) is 9.05. The molecule has 72 valence electrons. The lowest BCUT2D eigenvalue weighted by Crippen LogP contribution is -2.48. The van der Waals surface area contributed by atoms with Crippen molar-refractivity contribution in [1.82, 2.24) is 0 Å². The van der Waals surface area contributed by atoms with Gasteiger partial charge in [-0.1, -0.05) is 0 Å². The molecule has 1 atom stereocenters. The van der Waals surface area contributed by atoms with Gasteiger partial charge in [0.25, 0.3) is 0 Å². The maximum Gasteiger partial charge on any atom is 0.511 e. The van der Waals surface area contributed by atoms with Gasteiger partial charge in [-0.15, -0.1) is 0 Å². The summed E-state index contributed by atoms with van der Waals surface area (Å²) in [7, 11) is -1.92. The van der Waals surface area contributed by atoms with E-state index in [1.807, 2.05) is 0 Å². The van der Waals surface area contributed by atoms with Gasteiger partial charge in [0.2, 0.25) is 0 Å². The van der Waals surface area contributed by atoms with Gasteiger partial charge in [0.15, 0.2) is 5.16 Å². The molecular formula is C10H16O2P+. The quantitative estimate of drug-likeness (QED) is 0.659. The van der Waals surface area contributed by atoms with Crippen LogP contribution in [0.2, 0.25) is 0 Å². The first-order valence-electron chi connectivity index (χ1n) is 5.34. The van der Waals surface area contributed by atoms with Gasteiger partial charge < -0.3 is 0 Å². The third kappa shape index (κ3) is 1.12. The predicted molar refractivity (Wildman–Crippen MR) is 50.7 cm³/mol. The van der Waals surface area contributed by atoms with E-state index in [1.54, 1.807) is 0 Å². The molecule has 4 bridgehead atoms. The molecule has 0 radical (unpaired) electrons. The Morgan fingerprint density at radius 2 is 1.38 bits per heavy atom. The van der Waals surface area contributed by atoms with Crippen molar-refractivity contribution in [2.75, 3.05) is 0 Å². The summed E-state index contributed by atoms with van der Waals surface area (Å²) in [4.78, 5) is 9.43. The average molecular weight is 199 g/mol. The molecule has 2 nitrogen and oxygen atoms in total. The monoisotopic (exact) mass is 199 g/mol. The second-order valence-electron chi connectivity index (χ2n) is 5.41. The van der Waals surface area contributed by atoms with Crippen LogP contribution >= 0.6 is 8.03 Å². The Hall–Kier alpha value is 0.0600. The molecule has 0 heterocycles. The van der Waals surface area contributed by atoms with Crippen molar-refractivity contribution in [1.29, 1.82) is 0 Å². The fourth-order valence-electron chi connectivity index (χ4n) is 4.30. The molecule has 4 saturated carbocycles. The van der Waals surface area contributed by atoms with Crippen molar-refractivity contribution in [3.63, 3.8) is 0 Å². The molecule has 0 saturated heterocycles. The summed E-state index contributed by atoms with van der Waals surface area (Å²) in [6.07, 6.45) is 7.19. The van der Waals surface area contributed by atoms with Crippen LogP contribution in [0.5, 0.6) is 0 Å². The third-order valence-corrected chi connectivity index (χ3v) is 5.77. The smallest absolute Gasteiger partial charge is 0.160 e. The lowest BCUT2D eigenvalue weighted by atomic mass is 9.56. The second-order valence-corrected chi connectivity index (χ2v) is 6.91. The van der Waals surface area contributed by atoms with Crippen LogP contribution in [0.15, 0.2) is 0 Å². The van der Waals surface area contributed by atoms with Gasteiger partial charge in [0.05, 0.1) is 0 Å². The first-order valence-corrected chi connectivity index (χ1v) is 6.55. The van der Waals surface area contributed by atoms with E-state index in [2.05, 4.69) is 0 Å².